The van der Waals surface area contributed by atoms with Gasteiger partial charge in [-0.1, -0.05) is 24.6 Å². The largest absolute Gasteiger partial charge is 0.338 e. The number of halogens is 1. The Morgan fingerprint density at radius 2 is 2.17 bits per heavy atom. The van der Waals surface area contributed by atoms with Gasteiger partial charge in [0.2, 0.25) is 0 Å². The molecule has 1 aliphatic carbocycles. The van der Waals surface area contributed by atoms with Crippen molar-refractivity contribution in [1.82, 2.24) is 9.88 Å². The number of pyridine rings is 1. The zero-order valence-electron chi connectivity index (χ0n) is 13.4. The van der Waals surface area contributed by atoms with Gasteiger partial charge in [-0.05, 0) is 55.7 Å². The first kappa shape index (κ1) is 14.9. The first-order valence-electron chi connectivity index (χ1n) is 8.54. The average Bonchev–Trinajstić information content (AvgIpc) is 3.02. The predicted octanol–water partition coefficient (Wildman–Crippen LogP) is 4.25. The average molecular weight is 329 g/mol. The SMILES string of the molecule is CC1CCCN(C(=O)c2ccc3c(Cl)c4c(nc3c2)CCC4)C1. The molecule has 1 aromatic carbocycles. The molecule has 0 bridgehead atoms. The van der Waals surface area contributed by atoms with Gasteiger partial charge in [-0.3, -0.25) is 9.78 Å². The first-order chi connectivity index (χ1) is 11.1. The predicted molar refractivity (Wildman–Crippen MR) is 93.1 cm³/mol. The third-order valence-corrected chi connectivity index (χ3v) is 5.57. The van der Waals surface area contributed by atoms with Gasteiger partial charge >= 0.3 is 0 Å². The van der Waals surface area contributed by atoms with Crippen LogP contribution in [0.1, 0.15) is 47.8 Å². The summed E-state index contributed by atoms with van der Waals surface area (Å²) in [5, 5.41) is 1.80. The summed E-state index contributed by atoms with van der Waals surface area (Å²) in [7, 11) is 0. The lowest BCUT2D eigenvalue weighted by Crippen LogP contribution is -2.39. The van der Waals surface area contributed by atoms with Crippen molar-refractivity contribution in [3.63, 3.8) is 0 Å². The fraction of sp³-hybridized carbons (Fsp3) is 0.474. The molecule has 2 aliphatic rings. The molecule has 120 valence electrons. The van der Waals surface area contributed by atoms with Gasteiger partial charge in [0.15, 0.2) is 0 Å². The zero-order valence-corrected chi connectivity index (χ0v) is 14.2. The Labute approximate surface area is 141 Å². The number of piperidine rings is 1. The van der Waals surface area contributed by atoms with Crippen molar-refractivity contribution in [2.45, 2.75) is 39.0 Å². The number of hydrogen-bond acceptors (Lipinski definition) is 2. The lowest BCUT2D eigenvalue weighted by molar-refractivity contribution is 0.0683. The highest BCUT2D eigenvalue weighted by molar-refractivity contribution is 6.36. The first-order valence-corrected chi connectivity index (χ1v) is 8.91. The number of aryl methyl sites for hydroxylation is 1. The molecule has 0 radical (unpaired) electrons. The van der Waals surface area contributed by atoms with E-state index in [1.165, 1.54) is 12.0 Å². The summed E-state index contributed by atoms with van der Waals surface area (Å²) in [6, 6.07) is 5.78. The molecular weight excluding hydrogens is 308 g/mol. The van der Waals surface area contributed by atoms with Crippen LogP contribution in [0.4, 0.5) is 0 Å². The summed E-state index contributed by atoms with van der Waals surface area (Å²) in [5.74, 6) is 0.709. The van der Waals surface area contributed by atoms with Crippen molar-refractivity contribution in [2.24, 2.45) is 5.92 Å². The van der Waals surface area contributed by atoms with Crippen LogP contribution in [0.3, 0.4) is 0 Å². The Balaban J connectivity index is 1.71. The van der Waals surface area contributed by atoms with E-state index < -0.39 is 0 Å². The van der Waals surface area contributed by atoms with Crippen LogP contribution in [0.25, 0.3) is 10.9 Å². The quantitative estimate of drug-likeness (QED) is 0.784. The van der Waals surface area contributed by atoms with Crippen molar-refractivity contribution in [3.05, 3.63) is 40.0 Å². The maximum absolute atomic E-state index is 12.8. The number of fused-ring (bicyclic) bond motifs is 2. The molecule has 0 N–H and O–H groups in total. The second-order valence-electron chi connectivity index (χ2n) is 6.94. The number of aromatic nitrogens is 1. The van der Waals surface area contributed by atoms with Crippen LogP contribution in [0.15, 0.2) is 18.2 Å². The van der Waals surface area contributed by atoms with Gasteiger partial charge < -0.3 is 4.90 Å². The van der Waals surface area contributed by atoms with Gasteiger partial charge in [0, 0.05) is 29.7 Å². The molecule has 1 amide bonds. The van der Waals surface area contributed by atoms with E-state index in [-0.39, 0.29) is 5.91 Å². The highest BCUT2D eigenvalue weighted by Crippen LogP contribution is 2.34. The number of nitrogens with zero attached hydrogens (tertiary/aromatic N) is 2. The molecule has 1 atom stereocenters. The molecule has 23 heavy (non-hydrogen) atoms. The summed E-state index contributed by atoms with van der Waals surface area (Å²) in [4.78, 5) is 19.5. The highest BCUT2D eigenvalue weighted by Gasteiger charge is 2.23. The van der Waals surface area contributed by atoms with Crippen LogP contribution in [0.5, 0.6) is 0 Å². The molecule has 2 aromatic rings. The van der Waals surface area contributed by atoms with Crippen LogP contribution < -0.4 is 0 Å². The van der Waals surface area contributed by atoms with E-state index in [0.29, 0.717) is 5.92 Å². The smallest absolute Gasteiger partial charge is 0.253 e. The third kappa shape index (κ3) is 2.61. The lowest BCUT2D eigenvalue weighted by atomic mass is 9.99. The highest BCUT2D eigenvalue weighted by atomic mass is 35.5. The van der Waals surface area contributed by atoms with Gasteiger partial charge in [0.05, 0.1) is 10.5 Å². The molecule has 0 saturated carbocycles. The van der Waals surface area contributed by atoms with Crippen LogP contribution in [-0.2, 0) is 12.8 Å². The van der Waals surface area contributed by atoms with Crippen LogP contribution in [0, 0.1) is 5.92 Å². The van der Waals surface area contributed by atoms with Gasteiger partial charge in [0.25, 0.3) is 5.91 Å². The van der Waals surface area contributed by atoms with E-state index in [0.717, 1.165) is 66.0 Å². The van der Waals surface area contributed by atoms with E-state index in [1.54, 1.807) is 0 Å². The molecule has 0 spiro atoms. The van der Waals surface area contributed by atoms with Crippen molar-refractivity contribution >= 4 is 28.4 Å². The Morgan fingerprint density at radius 1 is 1.30 bits per heavy atom. The number of carbonyl (C=O) groups excluding carboxylic acids is 1. The number of hydrogen-bond donors (Lipinski definition) is 0. The fourth-order valence-electron chi connectivity index (χ4n) is 3.89. The normalized spacial score (nSPS) is 20.8. The van der Waals surface area contributed by atoms with Crippen LogP contribution in [-0.4, -0.2) is 28.9 Å². The van der Waals surface area contributed by atoms with Crippen molar-refractivity contribution in [3.8, 4) is 0 Å². The molecule has 4 heteroatoms. The Kier molecular flexibility index (Phi) is 3.76. The molecule has 1 fully saturated rings. The summed E-state index contributed by atoms with van der Waals surface area (Å²) in [6.45, 7) is 3.93. The van der Waals surface area contributed by atoms with Crippen LogP contribution in [0.2, 0.25) is 5.02 Å². The minimum Gasteiger partial charge on any atom is -0.338 e. The maximum atomic E-state index is 12.8. The van der Waals surface area contributed by atoms with E-state index in [1.807, 2.05) is 23.1 Å². The third-order valence-electron chi connectivity index (χ3n) is 5.13. The van der Waals surface area contributed by atoms with Crippen molar-refractivity contribution in [2.75, 3.05) is 13.1 Å². The molecule has 2 heterocycles. The number of benzene rings is 1. The molecule has 1 aliphatic heterocycles. The van der Waals surface area contributed by atoms with Crippen LogP contribution >= 0.6 is 11.6 Å². The number of amides is 1. The maximum Gasteiger partial charge on any atom is 0.253 e. The minimum atomic E-state index is 0.122. The second kappa shape index (κ2) is 5.79. The Bertz CT molecular complexity index is 787. The summed E-state index contributed by atoms with van der Waals surface area (Å²) in [6.07, 6.45) is 5.44. The van der Waals surface area contributed by atoms with Gasteiger partial charge in [-0.2, -0.15) is 0 Å². The molecule has 4 rings (SSSR count). The topological polar surface area (TPSA) is 33.2 Å². The Hall–Kier alpha value is -1.61. The lowest BCUT2D eigenvalue weighted by Gasteiger charge is -2.31. The van der Waals surface area contributed by atoms with E-state index >= 15 is 0 Å². The summed E-state index contributed by atoms with van der Waals surface area (Å²) >= 11 is 6.55. The molecule has 3 nitrogen and oxygen atoms in total. The standard InChI is InChI=1S/C19H21ClN2O/c1-12-4-3-9-22(11-12)19(23)13-7-8-15-17(10-13)21-16-6-2-5-14(16)18(15)20/h7-8,10,12H,2-6,9,11H2,1H3. The van der Waals surface area contributed by atoms with Gasteiger partial charge in [-0.25, -0.2) is 0 Å². The summed E-state index contributed by atoms with van der Waals surface area (Å²) < 4.78 is 0. The molecule has 1 unspecified atom stereocenters. The van der Waals surface area contributed by atoms with Gasteiger partial charge in [-0.15, -0.1) is 0 Å². The van der Waals surface area contributed by atoms with E-state index in [2.05, 4.69) is 6.92 Å². The fourth-order valence-corrected chi connectivity index (χ4v) is 4.26. The monoisotopic (exact) mass is 328 g/mol. The van der Waals surface area contributed by atoms with Crippen molar-refractivity contribution < 1.29 is 4.79 Å². The zero-order chi connectivity index (χ0) is 16.0. The minimum absolute atomic E-state index is 0.122. The summed E-state index contributed by atoms with van der Waals surface area (Å²) in [5.41, 5.74) is 3.89. The van der Waals surface area contributed by atoms with Crippen molar-refractivity contribution in [1.29, 1.82) is 0 Å². The number of carbonyl (C=O) groups is 1. The molecular formula is C19H21ClN2O. The van der Waals surface area contributed by atoms with E-state index in [4.69, 9.17) is 16.6 Å². The number of likely N-dealkylation sites (tertiary alicyclic amines) is 1. The molecule has 1 aromatic heterocycles. The Morgan fingerprint density at radius 3 is 3.00 bits per heavy atom. The van der Waals surface area contributed by atoms with Gasteiger partial charge in [0.1, 0.15) is 0 Å². The van der Waals surface area contributed by atoms with E-state index in [9.17, 15) is 4.79 Å². The number of rotatable bonds is 1. The molecule has 1 saturated heterocycles. The second-order valence-corrected chi connectivity index (χ2v) is 7.31.